The van der Waals surface area contributed by atoms with Gasteiger partial charge in [0.1, 0.15) is 6.07 Å². The number of aryl methyl sites for hydroxylation is 1. The number of hydrogen-bond donors (Lipinski definition) is 1. The van der Waals surface area contributed by atoms with Gasteiger partial charge in [-0.05, 0) is 44.2 Å². The summed E-state index contributed by atoms with van der Waals surface area (Å²) in [6.07, 6.45) is 0. The van der Waals surface area contributed by atoms with Gasteiger partial charge in [0.2, 0.25) is 0 Å². The maximum absolute atomic E-state index is 9.25. The molecule has 2 aromatic rings. The molecular weight excluding hydrogens is 234 g/mol. The van der Waals surface area contributed by atoms with E-state index in [0.29, 0.717) is 11.3 Å². The van der Waals surface area contributed by atoms with Gasteiger partial charge in [0.25, 0.3) is 0 Å². The first-order valence-electron chi connectivity index (χ1n) is 6.29. The Morgan fingerprint density at radius 3 is 2.42 bits per heavy atom. The van der Waals surface area contributed by atoms with E-state index in [2.05, 4.69) is 49.1 Å². The number of rotatable bonds is 3. The first-order chi connectivity index (χ1) is 9.15. The van der Waals surface area contributed by atoms with Crippen LogP contribution in [0.1, 0.15) is 18.1 Å². The largest absolute Gasteiger partial charge is 0.399 e. The third kappa shape index (κ3) is 2.69. The van der Waals surface area contributed by atoms with E-state index in [0.717, 1.165) is 17.9 Å². The summed E-state index contributed by atoms with van der Waals surface area (Å²) in [7, 11) is 0. The molecule has 0 spiro atoms. The quantitative estimate of drug-likeness (QED) is 0.848. The van der Waals surface area contributed by atoms with E-state index in [9.17, 15) is 5.26 Å². The van der Waals surface area contributed by atoms with Crippen molar-refractivity contribution in [2.45, 2.75) is 13.8 Å². The lowest BCUT2D eigenvalue weighted by Gasteiger charge is -2.24. The molecule has 0 aliphatic rings. The zero-order valence-electron chi connectivity index (χ0n) is 11.2. The summed E-state index contributed by atoms with van der Waals surface area (Å²) in [5.41, 5.74) is 10.1. The second-order valence-corrected chi connectivity index (χ2v) is 4.47. The average Bonchev–Trinajstić information content (AvgIpc) is 2.43. The Kier molecular flexibility index (Phi) is 3.72. The highest BCUT2D eigenvalue weighted by Crippen LogP contribution is 2.29. The molecule has 0 saturated carbocycles. The highest BCUT2D eigenvalue weighted by Gasteiger charge is 2.11. The number of nitrogens with two attached hydrogens (primary N) is 1. The molecule has 2 rings (SSSR count). The Balaban J connectivity index is 2.48. The van der Waals surface area contributed by atoms with Gasteiger partial charge in [0.05, 0.1) is 11.3 Å². The minimum Gasteiger partial charge on any atom is -0.399 e. The minimum atomic E-state index is 0.599. The summed E-state index contributed by atoms with van der Waals surface area (Å²) in [4.78, 5) is 2.11. The number of nitrogens with zero attached hydrogens (tertiary/aromatic N) is 2. The van der Waals surface area contributed by atoms with Gasteiger partial charge in [0, 0.05) is 17.9 Å². The maximum Gasteiger partial charge on any atom is 0.101 e. The third-order valence-corrected chi connectivity index (χ3v) is 3.09. The fraction of sp³-hybridized carbons (Fsp3) is 0.188. The number of anilines is 3. The van der Waals surface area contributed by atoms with E-state index >= 15 is 0 Å². The predicted octanol–water partition coefficient (Wildman–Crippen LogP) is 3.61. The molecule has 0 aliphatic heterocycles. The molecule has 0 aliphatic carbocycles. The van der Waals surface area contributed by atoms with Gasteiger partial charge >= 0.3 is 0 Å². The van der Waals surface area contributed by atoms with Gasteiger partial charge in [-0.15, -0.1) is 0 Å². The summed E-state index contributed by atoms with van der Waals surface area (Å²) in [5, 5.41) is 9.25. The van der Waals surface area contributed by atoms with Crippen molar-refractivity contribution in [1.29, 1.82) is 5.26 Å². The molecule has 96 valence electrons. The Bertz CT molecular complexity index is 609. The molecule has 0 saturated heterocycles. The maximum atomic E-state index is 9.25. The first kappa shape index (κ1) is 13.0. The van der Waals surface area contributed by atoms with E-state index in [1.165, 1.54) is 5.56 Å². The monoisotopic (exact) mass is 251 g/mol. The van der Waals surface area contributed by atoms with Crippen LogP contribution in [0, 0.1) is 18.3 Å². The normalized spacial score (nSPS) is 9.95. The van der Waals surface area contributed by atoms with Crippen LogP contribution in [0.2, 0.25) is 0 Å². The molecular formula is C16H17N3. The van der Waals surface area contributed by atoms with Crippen LogP contribution in [0.25, 0.3) is 0 Å². The first-order valence-corrected chi connectivity index (χ1v) is 6.29. The number of benzene rings is 2. The van der Waals surface area contributed by atoms with Crippen molar-refractivity contribution >= 4 is 17.1 Å². The summed E-state index contributed by atoms with van der Waals surface area (Å²) in [5.74, 6) is 0. The highest BCUT2D eigenvalue weighted by atomic mass is 15.1. The van der Waals surface area contributed by atoms with Crippen molar-refractivity contribution in [2.24, 2.45) is 0 Å². The van der Waals surface area contributed by atoms with Crippen LogP contribution in [0.4, 0.5) is 17.1 Å². The summed E-state index contributed by atoms with van der Waals surface area (Å²) < 4.78 is 0. The second-order valence-electron chi connectivity index (χ2n) is 4.47. The van der Waals surface area contributed by atoms with Crippen LogP contribution in [0.15, 0.2) is 42.5 Å². The van der Waals surface area contributed by atoms with Gasteiger partial charge in [-0.1, -0.05) is 17.7 Å². The number of nitrogen functional groups attached to an aromatic ring is 1. The zero-order valence-corrected chi connectivity index (χ0v) is 11.2. The second kappa shape index (κ2) is 5.45. The van der Waals surface area contributed by atoms with Crippen LogP contribution >= 0.6 is 0 Å². The molecule has 0 radical (unpaired) electrons. The van der Waals surface area contributed by atoms with Crippen molar-refractivity contribution in [3.05, 3.63) is 53.6 Å². The van der Waals surface area contributed by atoms with Crippen LogP contribution in [0.3, 0.4) is 0 Å². The van der Waals surface area contributed by atoms with Crippen LogP contribution < -0.4 is 10.6 Å². The molecule has 0 bridgehead atoms. The standard InChI is InChI=1S/C16H17N3/c1-3-19(15-7-4-12(2)5-8-15)16-9-6-14(18)10-13(16)11-17/h4-10H,3,18H2,1-2H3. The van der Waals surface area contributed by atoms with E-state index in [4.69, 9.17) is 5.73 Å². The van der Waals surface area contributed by atoms with E-state index in [1.807, 2.05) is 12.1 Å². The van der Waals surface area contributed by atoms with Gasteiger partial charge in [-0.3, -0.25) is 0 Å². The van der Waals surface area contributed by atoms with Crippen molar-refractivity contribution in [3.8, 4) is 6.07 Å². The van der Waals surface area contributed by atoms with Crippen molar-refractivity contribution < 1.29 is 0 Å². The van der Waals surface area contributed by atoms with Gasteiger partial charge in [-0.2, -0.15) is 5.26 Å². The van der Waals surface area contributed by atoms with Gasteiger partial charge in [-0.25, -0.2) is 0 Å². The van der Waals surface area contributed by atoms with Crippen LogP contribution in [-0.4, -0.2) is 6.54 Å². The summed E-state index contributed by atoms with van der Waals surface area (Å²) >= 11 is 0. The predicted molar refractivity (Wildman–Crippen MR) is 79.4 cm³/mol. The molecule has 0 aromatic heterocycles. The van der Waals surface area contributed by atoms with E-state index < -0.39 is 0 Å². The molecule has 19 heavy (non-hydrogen) atoms. The van der Waals surface area contributed by atoms with E-state index in [-0.39, 0.29) is 0 Å². The Morgan fingerprint density at radius 1 is 1.16 bits per heavy atom. The lowest BCUT2D eigenvalue weighted by molar-refractivity contribution is 1.02. The molecule has 0 heterocycles. The molecule has 0 fully saturated rings. The molecule has 2 aromatic carbocycles. The molecule has 3 nitrogen and oxygen atoms in total. The lowest BCUT2D eigenvalue weighted by Crippen LogP contribution is -2.17. The molecule has 3 heteroatoms. The van der Waals surface area contributed by atoms with Crippen molar-refractivity contribution in [2.75, 3.05) is 17.2 Å². The number of nitriles is 1. The summed E-state index contributed by atoms with van der Waals surface area (Å²) in [6, 6.07) is 15.9. The van der Waals surface area contributed by atoms with Crippen LogP contribution in [-0.2, 0) is 0 Å². The fourth-order valence-corrected chi connectivity index (χ4v) is 2.10. The molecule has 0 atom stereocenters. The van der Waals surface area contributed by atoms with Gasteiger partial charge < -0.3 is 10.6 Å². The molecule has 0 unspecified atom stereocenters. The Hall–Kier alpha value is -2.47. The Morgan fingerprint density at radius 2 is 1.84 bits per heavy atom. The van der Waals surface area contributed by atoms with Crippen LogP contribution in [0.5, 0.6) is 0 Å². The summed E-state index contributed by atoms with van der Waals surface area (Å²) in [6.45, 7) is 4.92. The van der Waals surface area contributed by atoms with Gasteiger partial charge in [0.15, 0.2) is 0 Å². The van der Waals surface area contributed by atoms with Crippen molar-refractivity contribution in [1.82, 2.24) is 0 Å². The van der Waals surface area contributed by atoms with E-state index in [1.54, 1.807) is 6.07 Å². The minimum absolute atomic E-state index is 0.599. The van der Waals surface area contributed by atoms with Crippen molar-refractivity contribution in [3.63, 3.8) is 0 Å². The highest BCUT2D eigenvalue weighted by molar-refractivity contribution is 5.71. The number of hydrogen-bond acceptors (Lipinski definition) is 3. The topological polar surface area (TPSA) is 53.0 Å². The molecule has 2 N–H and O–H groups in total. The lowest BCUT2D eigenvalue weighted by atomic mass is 10.1. The fourth-order valence-electron chi connectivity index (χ4n) is 2.10. The third-order valence-electron chi connectivity index (χ3n) is 3.09. The molecule has 0 amide bonds. The Labute approximate surface area is 113 Å². The average molecular weight is 251 g/mol. The zero-order chi connectivity index (χ0) is 13.8. The SMILES string of the molecule is CCN(c1ccc(C)cc1)c1ccc(N)cc1C#N. The smallest absolute Gasteiger partial charge is 0.101 e.